The normalized spacial score (nSPS) is 12.3. The first-order valence-electron chi connectivity index (χ1n) is 12.7. The number of nitrogens with one attached hydrogen (secondary N) is 4. The first kappa shape index (κ1) is 33.2. The number of carboxylic acid groups (broad SMARTS) is 2. The lowest BCUT2D eigenvalue weighted by atomic mass is 10.1. The highest BCUT2D eigenvalue weighted by Gasteiger charge is 2.28. The zero-order valence-corrected chi connectivity index (χ0v) is 23.9. The molecule has 2 atom stereocenters. The molecule has 44 heavy (non-hydrogen) atoms. The molecule has 0 fully saturated rings. The molecule has 0 radical (unpaired) electrons. The van der Waals surface area contributed by atoms with E-state index in [1.165, 1.54) is 6.92 Å². The second kappa shape index (κ2) is 15.2. The first-order chi connectivity index (χ1) is 20.9. The van der Waals surface area contributed by atoms with E-state index in [0.29, 0.717) is 23.3 Å². The third-order valence-corrected chi connectivity index (χ3v) is 6.98. The Morgan fingerprint density at radius 1 is 0.750 bits per heavy atom. The van der Waals surface area contributed by atoms with Crippen LogP contribution in [0.25, 0.3) is 0 Å². The van der Waals surface area contributed by atoms with Crippen LogP contribution in [0, 0.1) is 0 Å². The van der Waals surface area contributed by atoms with E-state index in [1.807, 2.05) is 4.83 Å². The number of ether oxygens (including phenoxy) is 2. The standard InChI is InChI=1S/C28H28N4O11S/c1-17(29-28(39)43-16-19-10-6-3-7-11-19)24(33)30-23(27(38)42-15-18-8-4-2-5-9-18)31-32-44(40,41)22-13-20(25(34)35)12-21(14-22)26(36)37/h2-14,17,23,31-32H,15-16H2,1H3,(H,29,39)(H,30,33)(H,34,35)(H,36,37). The average molecular weight is 629 g/mol. The number of esters is 1. The van der Waals surface area contributed by atoms with E-state index < -0.39 is 68.2 Å². The van der Waals surface area contributed by atoms with Crippen LogP contribution in [0.4, 0.5) is 4.79 Å². The predicted molar refractivity (Wildman–Crippen MR) is 151 cm³/mol. The van der Waals surface area contributed by atoms with Crippen molar-refractivity contribution in [1.29, 1.82) is 0 Å². The van der Waals surface area contributed by atoms with Gasteiger partial charge in [-0.25, -0.2) is 33.0 Å². The second-order valence-electron chi connectivity index (χ2n) is 9.07. The number of amides is 2. The van der Waals surface area contributed by atoms with Crippen molar-refractivity contribution in [2.24, 2.45) is 0 Å². The summed E-state index contributed by atoms with van der Waals surface area (Å²) in [6, 6.07) is 18.0. The Bertz CT molecular complexity index is 1580. The molecule has 3 aromatic rings. The molecule has 16 heteroatoms. The quantitative estimate of drug-likeness (QED) is 0.0845. The van der Waals surface area contributed by atoms with Crippen LogP contribution < -0.4 is 20.9 Å². The summed E-state index contributed by atoms with van der Waals surface area (Å²) >= 11 is 0. The molecule has 3 rings (SSSR count). The van der Waals surface area contributed by atoms with Gasteiger partial charge in [0.1, 0.15) is 19.3 Å². The van der Waals surface area contributed by atoms with E-state index in [4.69, 9.17) is 9.47 Å². The number of carbonyl (C=O) groups excluding carboxylic acids is 3. The Kier molecular flexibility index (Phi) is 11.5. The van der Waals surface area contributed by atoms with E-state index in [2.05, 4.69) is 16.1 Å². The lowest BCUT2D eigenvalue weighted by molar-refractivity contribution is -0.150. The van der Waals surface area contributed by atoms with Gasteiger partial charge >= 0.3 is 24.0 Å². The SMILES string of the molecule is CC(NC(=O)OCc1ccccc1)C(=O)NC(NNS(=O)(=O)c1cc(C(=O)O)cc(C(=O)O)c1)C(=O)OCc1ccccc1. The van der Waals surface area contributed by atoms with Crippen molar-refractivity contribution in [1.82, 2.24) is 20.9 Å². The number of hydrogen-bond donors (Lipinski definition) is 6. The molecule has 0 spiro atoms. The summed E-state index contributed by atoms with van der Waals surface area (Å²) in [6.45, 7) is 0.953. The lowest BCUT2D eigenvalue weighted by Gasteiger charge is -2.22. The van der Waals surface area contributed by atoms with Gasteiger partial charge in [-0.3, -0.25) is 4.79 Å². The number of carbonyl (C=O) groups is 5. The van der Waals surface area contributed by atoms with E-state index in [0.717, 1.165) is 6.07 Å². The molecular formula is C28H28N4O11S. The fourth-order valence-electron chi connectivity index (χ4n) is 3.44. The maximum Gasteiger partial charge on any atom is 0.408 e. The number of alkyl carbamates (subject to hydrolysis) is 1. The molecule has 3 aromatic carbocycles. The molecule has 0 aromatic heterocycles. The van der Waals surface area contributed by atoms with E-state index >= 15 is 0 Å². The summed E-state index contributed by atoms with van der Waals surface area (Å²) < 4.78 is 36.2. The van der Waals surface area contributed by atoms with Crippen molar-refractivity contribution in [3.05, 3.63) is 101 Å². The zero-order valence-electron chi connectivity index (χ0n) is 23.1. The minimum absolute atomic E-state index is 0.0779. The molecule has 15 nitrogen and oxygen atoms in total. The number of hydrazine groups is 1. The monoisotopic (exact) mass is 628 g/mol. The van der Waals surface area contributed by atoms with Crippen LogP contribution in [-0.4, -0.2) is 60.7 Å². The Morgan fingerprint density at radius 3 is 1.75 bits per heavy atom. The molecule has 0 aliphatic rings. The van der Waals surface area contributed by atoms with E-state index in [-0.39, 0.29) is 13.2 Å². The molecular weight excluding hydrogens is 600 g/mol. The van der Waals surface area contributed by atoms with Gasteiger partial charge in [0.2, 0.25) is 5.91 Å². The Labute approximate surface area is 251 Å². The number of hydrogen-bond acceptors (Lipinski definition) is 10. The molecule has 0 saturated heterocycles. The van der Waals surface area contributed by atoms with Crippen molar-refractivity contribution in [3.8, 4) is 0 Å². The molecule has 6 N–H and O–H groups in total. The number of rotatable bonds is 14. The molecule has 0 bridgehead atoms. The van der Waals surface area contributed by atoms with Crippen LogP contribution in [-0.2, 0) is 42.3 Å². The molecule has 2 amide bonds. The second-order valence-corrected chi connectivity index (χ2v) is 10.8. The summed E-state index contributed by atoms with van der Waals surface area (Å²) in [4.78, 5) is 61.8. The van der Waals surface area contributed by atoms with Crippen LogP contribution in [0.15, 0.2) is 83.8 Å². The highest BCUT2D eigenvalue weighted by Crippen LogP contribution is 2.16. The summed E-state index contributed by atoms with van der Waals surface area (Å²) in [5.74, 6) is -5.27. The fraction of sp³-hybridized carbons (Fsp3) is 0.179. The van der Waals surface area contributed by atoms with Gasteiger partial charge in [-0.1, -0.05) is 60.7 Å². The van der Waals surface area contributed by atoms with Crippen molar-refractivity contribution in [2.75, 3.05) is 0 Å². The Hall–Kier alpha value is -5.32. The average Bonchev–Trinajstić information content (AvgIpc) is 3.01. The summed E-state index contributed by atoms with van der Waals surface area (Å²) in [5.41, 5.74) is 2.11. The minimum Gasteiger partial charge on any atom is -0.478 e. The summed E-state index contributed by atoms with van der Waals surface area (Å²) in [6.07, 6.45) is -2.81. The molecule has 0 aliphatic carbocycles. The maximum absolute atomic E-state index is 12.9. The number of sulfonamides is 1. The van der Waals surface area contributed by atoms with Crippen LogP contribution >= 0.6 is 0 Å². The summed E-state index contributed by atoms with van der Waals surface area (Å²) in [5, 5.41) is 23.0. The third kappa shape index (κ3) is 9.90. The number of benzene rings is 3. The Morgan fingerprint density at radius 2 is 1.25 bits per heavy atom. The van der Waals surface area contributed by atoms with Crippen LogP contribution in [0.2, 0.25) is 0 Å². The van der Waals surface area contributed by atoms with Gasteiger partial charge in [0.25, 0.3) is 10.0 Å². The van der Waals surface area contributed by atoms with Crippen molar-refractivity contribution in [3.63, 3.8) is 0 Å². The van der Waals surface area contributed by atoms with Gasteiger partial charge in [-0.15, -0.1) is 4.83 Å². The molecule has 0 heterocycles. The smallest absolute Gasteiger partial charge is 0.408 e. The largest absolute Gasteiger partial charge is 0.478 e. The van der Waals surface area contributed by atoms with Gasteiger partial charge in [0.15, 0.2) is 6.17 Å². The molecule has 0 saturated carbocycles. The van der Waals surface area contributed by atoms with Gasteiger partial charge in [0, 0.05) is 0 Å². The highest BCUT2D eigenvalue weighted by molar-refractivity contribution is 7.89. The van der Waals surface area contributed by atoms with Gasteiger partial charge in [-0.2, -0.15) is 0 Å². The number of carboxylic acids is 2. The van der Waals surface area contributed by atoms with Crippen molar-refractivity contribution >= 4 is 39.9 Å². The van der Waals surface area contributed by atoms with Crippen LogP contribution in [0.1, 0.15) is 38.8 Å². The van der Waals surface area contributed by atoms with Crippen LogP contribution in [0.5, 0.6) is 0 Å². The molecule has 2 unspecified atom stereocenters. The third-order valence-electron chi connectivity index (χ3n) is 5.73. The number of aromatic carboxylic acids is 2. The van der Waals surface area contributed by atoms with Gasteiger partial charge in [-0.05, 0) is 36.2 Å². The van der Waals surface area contributed by atoms with Crippen molar-refractivity contribution < 1.29 is 52.1 Å². The molecule has 232 valence electrons. The first-order valence-corrected chi connectivity index (χ1v) is 14.2. The topological polar surface area (TPSA) is 227 Å². The minimum atomic E-state index is -4.71. The predicted octanol–water partition coefficient (Wildman–Crippen LogP) is 1.37. The highest BCUT2D eigenvalue weighted by atomic mass is 32.2. The van der Waals surface area contributed by atoms with Crippen molar-refractivity contribution in [2.45, 2.75) is 37.2 Å². The van der Waals surface area contributed by atoms with Crippen LogP contribution in [0.3, 0.4) is 0 Å². The van der Waals surface area contributed by atoms with Gasteiger partial charge in [0.05, 0.1) is 16.0 Å². The van der Waals surface area contributed by atoms with E-state index in [1.54, 1.807) is 60.7 Å². The zero-order chi connectivity index (χ0) is 32.3. The Balaban J connectivity index is 1.73. The maximum atomic E-state index is 12.9. The summed E-state index contributed by atoms with van der Waals surface area (Å²) in [7, 11) is -4.71. The van der Waals surface area contributed by atoms with E-state index in [9.17, 15) is 42.6 Å². The lowest BCUT2D eigenvalue weighted by Crippen LogP contribution is -2.60. The fourth-order valence-corrected chi connectivity index (χ4v) is 4.39. The van der Waals surface area contributed by atoms with Gasteiger partial charge < -0.3 is 30.3 Å². The molecule has 0 aliphatic heterocycles.